The molecule has 0 fully saturated rings. The van der Waals surface area contributed by atoms with Gasteiger partial charge in [-0.15, -0.1) is 0 Å². The molecule has 8 nitrogen and oxygen atoms in total. The second-order valence-electron chi connectivity index (χ2n) is 13.0. The highest BCUT2D eigenvalue weighted by atomic mass is 16.5. The lowest BCUT2D eigenvalue weighted by Gasteiger charge is -2.16. The van der Waals surface area contributed by atoms with Crippen LogP contribution in [0.3, 0.4) is 0 Å². The molecule has 2 atom stereocenters. The summed E-state index contributed by atoms with van der Waals surface area (Å²) in [7, 11) is 0. The maximum absolute atomic E-state index is 12.6. The fourth-order valence-corrected chi connectivity index (χ4v) is 5.46. The molecule has 48 heavy (non-hydrogen) atoms. The van der Waals surface area contributed by atoms with Crippen molar-refractivity contribution in [2.45, 2.75) is 193 Å². The van der Waals surface area contributed by atoms with Crippen LogP contribution in [0.2, 0.25) is 0 Å². The van der Waals surface area contributed by atoms with Crippen LogP contribution in [-0.4, -0.2) is 46.3 Å². The van der Waals surface area contributed by atoms with Gasteiger partial charge < -0.3 is 19.7 Å². The Hall–Kier alpha value is -2.90. The van der Waals surface area contributed by atoms with Gasteiger partial charge in [-0.1, -0.05) is 115 Å². The van der Waals surface area contributed by atoms with Crippen molar-refractivity contribution in [2.24, 2.45) is 0 Å². The number of unbranched alkanes of at least 4 members (excludes halogenated alkanes) is 16. The molecule has 0 aromatic carbocycles. The predicted molar refractivity (Wildman–Crippen MR) is 194 cm³/mol. The Labute approximate surface area is 291 Å². The Balaban J connectivity index is 4.72. The summed E-state index contributed by atoms with van der Waals surface area (Å²) in [4.78, 5) is 46.5. The lowest BCUT2D eigenvalue weighted by Crippen LogP contribution is -2.18. The minimum atomic E-state index is -0.730. The normalized spacial score (nSPS) is 13.0. The highest BCUT2D eigenvalue weighted by Crippen LogP contribution is 2.16. The number of carboxylic acid groups (broad SMARTS) is 2. The molecule has 0 spiro atoms. The smallest absolute Gasteiger partial charge is 0.331 e. The van der Waals surface area contributed by atoms with Gasteiger partial charge in [-0.3, -0.25) is 9.59 Å². The van der Waals surface area contributed by atoms with Gasteiger partial charge in [0.05, 0.1) is 0 Å². The van der Waals surface area contributed by atoms with Crippen LogP contribution < -0.4 is 0 Å². The van der Waals surface area contributed by atoms with Crippen molar-refractivity contribution >= 4 is 23.9 Å². The van der Waals surface area contributed by atoms with E-state index >= 15 is 0 Å². The maximum Gasteiger partial charge on any atom is 0.331 e. The fourth-order valence-electron chi connectivity index (χ4n) is 5.46. The standard InChI is InChI=1S/C40H68O8/c1-3-5-7-21-27-35(29-23-17-13-9-11-15-19-25-31-37(41)42)47-39(45)33-34-40(46)48-36(28-22-8-6-4-2)30-24-18-14-10-12-16-20-26-32-38(43)44/h17-18,23-24,33-36H,3-16,19-22,25-32H2,1-2H3,(H,41,42)(H,43,44)/t35-,36-/m1/s1. The first-order chi connectivity index (χ1) is 23.3. The van der Waals surface area contributed by atoms with E-state index in [-0.39, 0.29) is 25.0 Å². The van der Waals surface area contributed by atoms with Gasteiger partial charge in [0.1, 0.15) is 12.2 Å². The third-order valence-corrected chi connectivity index (χ3v) is 8.33. The third kappa shape index (κ3) is 33.0. The Morgan fingerprint density at radius 1 is 0.479 bits per heavy atom. The van der Waals surface area contributed by atoms with Crippen LogP contribution in [0.15, 0.2) is 36.5 Å². The number of carbonyl (C=O) groups excluding carboxylic acids is 2. The molecular weight excluding hydrogens is 608 g/mol. The van der Waals surface area contributed by atoms with E-state index in [0.717, 1.165) is 141 Å². The van der Waals surface area contributed by atoms with Gasteiger partial charge in [0, 0.05) is 37.8 Å². The van der Waals surface area contributed by atoms with Crippen LogP contribution in [0.25, 0.3) is 0 Å². The predicted octanol–water partition coefficient (Wildman–Crippen LogP) is 10.8. The molecule has 0 bridgehead atoms. The Morgan fingerprint density at radius 3 is 1.21 bits per heavy atom. The van der Waals surface area contributed by atoms with Gasteiger partial charge in [-0.05, 0) is 64.2 Å². The topological polar surface area (TPSA) is 127 Å². The average molecular weight is 677 g/mol. The summed E-state index contributed by atoms with van der Waals surface area (Å²) >= 11 is 0. The molecule has 0 aliphatic carbocycles. The summed E-state index contributed by atoms with van der Waals surface area (Å²) in [5.41, 5.74) is 0. The first kappa shape index (κ1) is 45.1. The molecule has 0 unspecified atom stereocenters. The van der Waals surface area contributed by atoms with Crippen molar-refractivity contribution < 1.29 is 38.9 Å². The van der Waals surface area contributed by atoms with Gasteiger partial charge in [0.2, 0.25) is 0 Å². The number of hydrogen-bond donors (Lipinski definition) is 2. The minimum Gasteiger partial charge on any atom is -0.481 e. The molecule has 0 saturated carbocycles. The van der Waals surface area contributed by atoms with Crippen LogP contribution in [0.5, 0.6) is 0 Å². The van der Waals surface area contributed by atoms with Gasteiger partial charge in [-0.25, -0.2) is 9.59 Å². The van der Waals surface area contributed by atoms with Crippen molar-refractivity contribution in [3.05, 3.63) is 36.5 Å². The van der Waals surface area contributed by atoms with E-state index in [2.05, 4.69) is 38.2 Å². The molecular formula is C40H68O8. The zero-order chi connectivity index (χ0) is 35.5. The quantitative estimate of drug-likeness (QED) is 0.0298. The number of hydrogen-bond acceptors (Lipinski definition) is 6. The SMILES string of the molecule is CCCCCC[C@H](CC=CCCCCCCCC(=O)O)OC(=O)C=CC(=O)O[C@@H](CC=CCCCCCCCC(=O)O)CCCCCC. The number of esters is 2. The Morgan fingerprint density at radius 2 is 0.833 bits per heavy atom. The van der Waals surface area contributed by atoms with Gasteiger partial charge in [0.25, 0.3) is 0 Å². The second kappa shape index (κ2) is 34.0. The number of rotatable bonds is 34. The Kier molecular flexibility index (Phi) is 31.9. The van der Waals surface area contributed by atoms with E-state index in [4.69, 9.17) is 19.7 Å². The van der Waals surface area contributed by atoms with Crippen LogP contribution in [0, 0.1) is 0 Å². The van der Waals surface area contributed by atoms with Crippen LogP contribution in [0.1, 0.15) is 181 Å². The zero-order valence-corrected chi connectivity index (χ0v) is 30.3. The van der Waals surface area contributed by atoms with Crippen molar-refractivity contribution in [2.75, 3.05) is 0 Å². The number of allylic oxidation sites excluding steroid dienone is 2. The van der Waals surface area contributed by atoms with Crippen molar-refractivity contribution in [1.29, 1.82) is 0 Å². The number of ether oxygens (including phenoxy) is 2. The number of carboxylic acids is 2. The summed E-state index contributed by atoms with van der Waals surface area (Å²) in [5.74, 6) is -2.51. The zero-order valence-electron chi connectivity index (χ0n) is 30.3. The molecule has 8 heteroatoms. The van der Waals surface area contributed by atoms with E-state index in [1.807, 2.05) is 0 Å². The van der Waals surface area contributed by atoms with E-state index < -0.39 is 23.9 Å². The third-order valence-electron chi connectivity index (χ3n) is 8.33. The van der Waals surface area contributed by atoms with Crippen LogP contribution >= 0.6 is 0 Å². The minimum absolute atomic E-state index is 0.233. The second-order valence-corrected chi connectivity index (χ2v) is 13.0. The van der Waals surface area contributed by atoms with E-state index in [1.54, 1.807) is 0 Å². The molecule has 0 aromatic rings. The number of aliphatic carboxylic acids is 2. The number of carbonyl (C=O) groups is 4. The van der Waals surface area contributed by atoms with Crippen molar-refractivity contribution in [1.82, 2.24) is 0 Å². The lowest BCUT2D eigenvalue weighted by atomic mass is 10.1. The molecule has 0 saturated heterocycles. The van der Waals surface area contributed by atoms with Gasteiger partial charge in [-0.2, -0.15) is 0 Å². The van der Waals surface area contributed by atoms with Crippen LogP contribution in [-0.2, 0) is 28.7 Å². The molecule has 0 aliphatic heterocycles. The summed E-state index contributed by atoms with van der Waals surface area (Å²) in [5, 5.41) is 17.4. The van der Waals surface area contributed by atoms with Gasteiger partial charge >= 0.3 is 23.9 Å². The fraction of sp³-hybridized carbons (Fsp3) is 0.750. The van der Waals surface area contributed by atoms with Gasteiger partial charge in [0.15, 0.2) is 0 Å². The summed E-state index contributed by atoms with van der Waals surface area (Å²) in [6.45, 7) is 4.33. The molecule has 0 amide bonds. The van der Waals surface area contributed by atoms with E-state index in [1.165, 1.54) is 12.2 Å². The first-order valence-electron chi connectivity index (χ1n) is 19.1. The molecule has 0 aliphatic rings. The summed E-state index contributed by atoms with van der Waals surface area (Å²) < 4.78 is 11.5. The van der Waals surface area contributed by atoms with E-state index in [9.17, 15) is 19.2 Å². The molecule has 276 valence electrons. The first-order valence-corrected chi connectivity index (χ1v) is 19.1. The maximum atomic E-state index is 12.6. The summed E-state index contributed by atoms with van der Waals surface area (Å²) in [6.07, 6.45) is 34.1. The Bertz CT molecular complexity index is 835. The molecule has 0 heterocycles. The van der Waals surface area contributed by atoms with E-state index in [0.29, 0.717) is 12.8 Å². The monoisotopic (exact) mass is 676 g/mol. The highest BCUT2D eigenvalue weighted by Gasteiger charge is 2.14. The lowest BCUT2D eigenvalue weighted by molar-refractivity contribution is -0.146. The van der Waals surface area contributed by atoms with Crippen LogP contribution in [0.4, 0.5) is 0 Å². The molecule has 2 N–H and O–H groups in total. The molecule has 0 rings (SSSR count). The highest BCUT2D eigenvalue weighted by molar-refractivity contribution is 5.91. The average Bonchev–Trinajstić information content (AvgIpc) is 3.05. The molecule has 0 radical (unpaired) electrons. The van der Waals surface area contributed by atoms with Crippen molar-refractivity contribution in [3.63, 3.8) is 0 Å². The molecule has 0 aromatic heterocycles. The van der Waals surface area contributed by atoms with Crippen molar-refractivity contribution in [3.8, 4) is 0 Å². The largest absolute Gasteiger partial charge is 0.481 e. The summed E-state index contributed by atoms with van der Waals surface area (Å²) in [6, 6.07) is 0.